The maximum absolute atomic E-state index is 12.9. The Kier molecular flexibility index (Phi) is 6.88. The lowest BCUT2D eigenvalue weighted by Crippen LogP contribution is -2.71. The molecule has 4 heterocycles. The molecule has 14 heteroatoms. The van der Waals surface area contributed by atoms with Gasteiger partial charge in [0.2, 0.25) is 11.5 Å². The van der Waals surface area contributed by atoms with Crippen molar-refractivity contribution in [3.05, 3.63) is 59.8 Å². The SMILES string of the molecule is CON=C(C(=O)NC1C(=O)N2C(C(=O)O)=C(C=CC[n+]3ccccc3)CS[C@@H]12)c1nsc(N)n1. The molecule has 0 spiro atoms. The van der Waals surface area contributed by atoms with E-state index in [1.165, 1.54) is 23.8 Å². The molecule has 2 amide bonds. The van der Waals surface area contributed by atoms with Crippen molar-refractivity contribution < 1.29 is 28.9 Å². The molecule has 0 saturated carbocycles. The van der Waals surface area contributed by atoms with Crippen LogP contribution >= 0.6 is 23.3 Å². The highest BCUT2D eigenvalue weighted by Gasteiger charge is 2.54. The fourth-order valence-corrected chi connectivity index (χ4v) is 5.21. The fourth-order valence-electron chi connectivity index (χ4n) is 3.46. The Bertz CT molecular complexity index is 1210. The second kappa shape index (κ2) is 10.0. The van der Waals surface area contributed by atoms with Gasteiger partial charge in [0, 0.05) is 29.4 Å². The van der Waals surface area contributed by atoms with Crippen molar-refractivity contribution >= 4 is 51.9 Å². The van der Waals surface area contributed by atoms with Gasteiger partial charge in [-0.2, -0.15) is 9.36 Å². The Hall–Kier alpha value is -3.78. The van der Waals surface area contributed by atoms with Crippen molar-refractivity contribution in [2.75, 3.05) is 18.6 Å². The number of carboxylic acids is 1. The van der Waals surface area contributed by atoms with Crippen LogP contribution in [-0.2, 0) is 25.8 Å². The summed E-state index contributed by atoms with van der Waals surface area (Å²) in [5.41, 5.74) is 5.76. The number of aliphatic carboxylic acids is 1. The summed E-state index contributed by atoms with van der Waals surface area (Å²) in [7, 11) is 1.26. The van der Waals surface area contributed by atoms with Crippen molar-refractivity contribution in [3.8, 4) is 0 Å². The van der Waals surface area contributed by atoms with E-state index >= 15 is 0 Å². The smallest absolute Gasteiger partial charge is 0.352 e. The molecule has 0 bridgehead atoms. The molecule has 0 aliphatic carbocycles. The van der Waals surface area contributed by atoms with E-state index in [1.807, 2.05) is 41.2 Å². The number of fused-ring (bicyclic) bond motifs is 1. The van der Waals surface area contributed by atoms with Crippen molar-refractivity contribution in [3.63, 3.8) is 0 Å². The van der Waals surface area contributed by atoms with Crippen molar-refractivity contribution in [1.29, 1.82) is 0 Å². The third-order valence-electron chi connectivity index (χ3n) is 4.95. The molecule has 34 heavy (non-hydrogen) atoms. The van der Waals surface area contributed by atoms with Gasteiger partial charge in [-0.3, -0.25) is 14.5 Å². The standard InChI is InChI=1S/C20H19N7O5S2/c1-32-24-12(15-23-20(21)34-25-15)16(28)22-13-17(29)27-14(19(30)31)11(10-33-18(13)27)6-5-9-26-7-3-2-4-8-26/h2-8,13,18H,9-10H2,1H3,(H3-,21,22,23,25,28,30,31)/p+1/t13?,18-/m0/s1. The van der Waals surface area contributed by atoms with E-state index < -0.39 is 29.2 Å². The number of thioether (sulfide) groups is 1. The number of carbonyl (C=O) groups is 3. The van der Waals surface area contributed by atoms with E-state index in [9.17, 15) is 19.5 Å². The van der Waals surface area contributed by atoms with E-state index in [0.29, 0.717) is 17.9 Å². The maximum atomic E-state index is 12.9. The van der Waals surface area contributed by atoms with Gasteiger partial charge in [0.15, 0.2) is 24.1 Å². The van der Waals surface area contributed by atoms with Crippen LogP contribution in [0.2, 0.25) is 0 Å². The number of anilines is 1. The topological polar surface area (TPSA) is 164 Å². The first-order chi connectivity index (χ1) is 16.4. The molecule has 1 unspecified atom stereocenters. The number of nitrogens with zero attached hydrogens (tertiary/aromatic N) is 5. The van der Waals surface area contributed by atoms with Gasteiger partial charge in [-0.05, 0) is 11.6 Å². The summed E-state index contributed by atoms with van der Waals surface area (Å²) in [5, 5.41) is 15.6. The van der Waals surface area contributed by atoms with Crippen LogP contribution < -0.4 is 15.6 Å². The molecule has 176 valence electrons. The number of β-lactam (4-membered cyclic amide) rings is 1. The first-order valence-corrected chi connectivity index (χ1v) is 11.8. The summed E-state index contributed by atoms with van der Waals surface area (Å²) >= 11 is 2.24. The highest BCUT2D eigenvalue weighted by atomic mass is 32.2. The Labute approximate surface area is 202 Å². The van der Waals surface area contributed by atoms with E-state index in [0.717, 1.165) is 11.5 Å². The number of nitrogens with one attached hydrogen (secondary N) is 1. The number of oxime groups is 1. The molecule has 1 fully saturated rings. The number of nitrogens with two attached hydrogens (primary N) is 1. The number of rotatable bonds is 8. The van der Waals surface area contributed by atoms with Crippen molar-refractivity contribution in [1.82, 2.24) is 19.6 Å². The minimum Gasteiger partial charge on any atom is -0.477 e. The highest BCUT2D eigenvalue weighted by molar-refractivity contribution is 8.00. The second-order valence-corrected chi connectivity index (χ2v) is 8.98. The fraction of sp³-hybridized carbons (Fsp3) is 0.250. The van der Waals surface area contributed by atoms with Gasteiger partial charge in [0.1, 0.15) is 24.2 Å². The Morgan fingerprint density at radius 3 is 2.82 bits per heavy atom. The Balaban J connectivity index is 1.49. The quantitative estimate of drug-likeness (QED) is 0.191. The molecular formula is C20H20N7O5S2+. The van der Waals surface area contributed by atoms with Gasteiger partial charge in [-0.15, -0.1) is 11.8 Å². The number of hydrogen-bond acceptors (Lipinski definition) is 10. The number of pyridine rings is 1. The zero-order valence-electron chi connectivity index (χ0n) is 17.8. The van der Waals surface area contributed by atoms with E-state index in [-0.39, 0.29) is 22.4 Å². The molecule has 2 atom stereocenters. The van der Waals surface area contributed by atoms with E-state index in [2.05, 4.69) is 19.8 Å². The van der Waals surface area contributed by atoms with Crippen LogP contribution in [0.3, 0.4) is 0 Å². The van der Waals surface area contributed by atoms with Gasteiger partial charge in [0.25, 0.3) is 11.8 Å². The third-order valence-corrected chi connectivity index (χ3v) is 6.80. The number of nitrogen functional groups attached to an aromatic ring is 1. The van der Waals surface area contributed by atoms with Crippen LogP contribution in [0.15, 0.2) is 59.2 Å². The van der Waals surface area contributed by atoms with Crippen LogP contribution in [-0.4, -0.2) is 67.1 Å². The first-order valence-electron chi connectivity index (χ1n) is 9.94. The van der Waals surface area contributed by atoms with Crippen LogP contribution in [0.1, 0.15) is 5.82 Å². The monoisotopic (exact) mass is 502 g/mol. The minimum absolute atomic E-state index is 0.0309. The number of allylic oxidation sites excluding steroid dienone is 2. The predicted octanol–water partition coefficient (Wildman–Crippen LogP) is -0.247. The molecule has 4 rings (SSSR count). The zero-order chi connectivity index (χ0) is 24.2. The normalized spacial score (nSPS) is 20.2. The maximum Gasteiger partial charge on any atom is 0.352 e. The molecule has 0 radical (unpaired) electrons. The van der Waals surface area contributed by atoms with Crippen LogP contribution in [0.4, 0.5) is 5.13 Å². The summed E-state index contributed by atoms with van der Waals surface area (Å²) in [6.45, 7) is 0.550. The number of carboxylic acid groups (broad SMARTS) is 1. The largest absolute Gasteiger partial charge is 0.477 e. The lowest BCUT2D eigenvalue weighted by atomic mass is 10.0. The number of aromatic nitrogens is 3. The van der Waals surface area contributed by atoms with Crippen molar-refractivity contribution in [2.45, 2.75) is 18.0 Å². The van der Waals surface area contributed by atoms with Gasteiger partial charge >= 0.3 is 5.97 Å². The summed E-state index contributed by atoms with van der Waals surface area (Å²) in [4.78, 5) is 47.4. The minimum atomic E-state index is -1.21. The third kappa shape index (κ3) is 4.63. The molecule has 2 aromatic rings. The van der Waals surface area contributed by atoms with Crippen LogP contribution in [0.5, 0.6) is 0 Å². The summed E-state index contributed by atoms with van der Waals surface area (Å²) in [6.07, 6.45) is 7.34. The van der Waals surface area contributed by atoms with Gasteiger partial charge in [-0.25, -0.2) is 9.36 Å². The zero-order valence-corrected chi connectivity index (χ0v) is 19.5. The molecule has 2 aromatic heterocycles. The number of carbonyl (C=O) groups excluding carboxylic acids is 2. The molecule has 1 saturated heterocycles. The van der Waals surface area contributed by atoms with Gasteiger partial charge < -0.3 is 21.0 Å². The van der Waals surface area contributed by atoms with Gasteiger partial charge in [0.05, 0.1) is 0 Å². The van der Waals surface area contributed by atoms with E-state index in [1.54, 1.807) is 6.08 Å². The molecule has 12 nitrogen and oxygen atoms in total. The molecule has 2 aliphatic heterocycles. The summed E-state index contributed by atoms with van der Waals surface area (Å²) < 4.78 is 5.87. The molecular weight excluding hydrogens is 482 g/mol. The number of hydrogen-bond donors (Lipinski definition) is 3. The Morgan fingerprint density at radius 1 is 1.41 bits per heavy atom. The average Bonchev–Trinajstić information content (AvgIpc) is 3.26. The summed E-state index contributed by atoms with van der Waals surface area (Å²) in [6, 6.07) is 4.76. The van der Waals surface area contributed by atoms with Gasteiger partial charge in [-0.1, -0.05) is 17.3 Å². The lowest BCUT2D eigenvalue weighted by molar-refractivity contribution is -0.687. The molecule has 4 N–H and O–H groups in total. The first kappa shape index (κ1) is 23.4. The average molecular weight is 503 g/mol. The van der Waals surface area contributed by atoms with E-state index in [4.69, 9.17) is 10.6 Å². The van der Waals surface area contributed by atoms with Crippen LogP contribution in [0.25, 0.3) is 0 Å². The number of amides is 2. The second-order valence-electron chi connectivity index (χ2n) is 7.09. The van der Waals surface area contributed by atoms with Crippen LogP contribution in [0, 0.1) is 0 Å². The Morgan fingerprint density at radius 2 is 2.18 bits per heavy atom. The lowest BCUT2D eigenvalue weighted by Gasteiger charge is -2.49. The van der Waals surface area contributed by atoms with Crippen molar-refractivity contribution in [2.24, 2.45) is 5.16 Å². The molecule has 2 aliphatic rings. The predicted molar refractivity (Wildman–Crippen MR) is 123 cm³/mol. The molecule has 0 aromatic carbocycles. The highest BCUT2D eigenvalue weighted by Crippen LogP contribution is 2.40. The summed E-state index contributed by atoms with van der Waals surface area (Å²) in [5.74, 6) is -2.14.